The smallest absolute Gasteiger partial charge is 0.410 e. The first-order valence-electron chi connectivity index (χ1n) is 45.2. The highest BCUT2D eigenvalue weighted by Crippen LogP contribution is 2.51. The summed E-state index contributed by atoms with van der Waals surface area (Å²) < 4.78 is 51.6. The number of amides is 8. The van der Waals surface area contributed by atoms with E-state index in [0.29, 0.717) is 12.8 Å². The van der Waals surface area contributed by atoms with Crippen LogP contribution >= 0.6 is 23.2 Å². The number of benzene rings is 6. The second-order valence-corrected chi connectivity index (χ2v) is 35.7. The Labute approximate surface area is 802 Å². The molecule has 19 atom stereocenters. The van der Waals surface area contributed by atoms with Gasteiger partial charge in [-0.2, -0.15) is 0 Å². The minimum Gasteiger partial charge on any atom is -0.507 e. The van der Waals surface area contributed by atoms with E-state index in [-0.39, 0.29) is 73.5 Å². The summed E-state index contributed by atoms with van der Waals surface area (Å²) in [4.78, 5) is 172. The summed E-state index contributed by atoms with van der Waals surface area (Å²) in [5, 5.41) is 153. The molecule has 13 rings (SSSR count). The van der Waals surface area contributed by atoms with E-state index >= 15 is 28.8 Å². The van der Waals surface area contributed by atoms with E-state index in [9.17, 15) is 84.9 Å². The lowest BCUT2D eigenvalue weighted by Gasteiger charge is -2.51. The van der Waals surface area contributed by atoms with Gasteiger partial charge in [-0.25, -0.2) is 9.59 Å². The van der Waals surface area contributed by atoms with Crippen molar-refractivity contribution in [2.45, 2.75) is 247 Å². The summed E-state index contributed by atoms with van der Waals surface area (Å²) in [6.07, 6.45) is -15.3. The van der Waals surface area contributed by atoms with Gasteiger partial charge in [0.15, 0.2) is 29.9 Å². The van der Waals surface area contributed by atoms with Gasteiger partial charge in [-0.1, -0.05) is 125 Å². The number of ether oxygens (including phenoxy) is 8. The molecule has 0 aliphatic carbocycles. The summed E-state index contributed by atoms with van der Waals surface area (Å²) in [6, 6.07) is 3.51. The zero-order valence-electron chi connectivity index (χ0n) is 76.4. The number of nitrogens with zero attached hydrogens (tertiary/aromatic N) is 1. The summed E-state index contributed by atoms with van der Waals surface area (Å²) in [5.41, 5.74) is 0.393. The molecule has 6 aromatic rings. The largest absolute Gasteiger partial charge is 0.507 e. The van der Waals surface area contributed by atoms with Gasteiger partial charge in [-0.05, 0) is 136 Å². The molecule has 0 aromatic heterocycles. The number of halogens is 2. The topological polar surface area (TPSA) is 639 Å². The average molecular weight is 1970 g/mol. The van der Waals surface area contributed by atoms with Crippen molar-refractivity contribution < 1.29 is 152 Å². The quantitative estimate of drug-likeness (QED) is 0.0113. The third kappa shape index (κ3) is 25.9. The molecule has 22 N–H and O–H groups in total. The average Bonchev–Trinajstić information content (AvgIpc) is 0.779. The minimum atomic E-state index is -2.47. The monoisotopic (exact) mass is 1970 g/mol. The number of aliphatic hydroxyl groups excluding tert-OH is 7. The van der Waals surface area contributed by atoms with Crippen molar-refractivity contribution in [1.29, 1.82) is 0 Å². The van der Waals surface area contributed by atoms with Crippen LogP contribution in [0.2, 0.25) is 10.0 Å². The van der Waals surface area contributed by atoms with Crippen molar-refractivity contribution in [3.63, 3.8) is 0 Å². The molecule has 11 bridgehead atoms. The van der Waals surface area contributed by atoms with Gasteiger partial charge in [0.1, 0.15) is 127 Å². The van der Waals surface area contributed by atoms with Gasteiger partial charge in [0.2, 0.25) is 53.4 Å². The Hall–Kier alpha value is -12.0. The number of likely N-dealkylation sites (N-methyl/N-ethyl adjacent to an activating group) is 1. The number of aromatic hydroxyl groups is 3. The third-order valence-electron chi connectivity index (χ3n) is 24.4. The van der Waals surface area contributed by atoms with Gasteiger partial charge in [0.25, 0.3) is 0 Å². The number of esters is 1. The van der Waals surface area contributed by atoms with E-state index in [4.69, 9.17) is 66.8 Å². The number of phenols is 3. The summed E-state index contributed by atoms with van der Waals surface area (Å²) in [5.74, 6) is -18.1. The molecule has 7 heterocycles. The number of para-hydroxylation sites is 1. The highest BCUT2D eigenvalue weighted by atomic mass is 35.5. The normalized spacial score (nSPS) is 24.8. The van der Waals surface area contributed by atoms with Gasteiger partial charge in [-0.3, -0.25) is 43.3 Å². The van der Waals surface area contributed by atoms with Gasteiger partial charge in [-0.15, -0.1) is 0 Å². The number of aliphatic carboxylic acids is 1. The number of nitrogens with two attached hydrogens (primary N) is 1. The van der Waals surface area contributed by atoms with E-state index in [2.05, 4.69) is 54.8 Å². The van der Waals surface area contributed by atoms with Crippen molar-refractivity contribution >= 4 is 95.2 Å². The maximum atomic E-state index is 16.5. The predicted octanol–water partition coefficient (Wildman–Crippen LogP) is 4.05. The number of aldehydes is 2. The molecule has 6 aromatic carbocycles. The third-order valence-corrected chi connectivity index (χ3v) is 25.0. The Kier molecular flexibility index (Phi) is 37.5. The van der Waals surface area contributed by atoms with Gasteiger partial charge in [0.05, 0.1) is 52.9 Å². The number of primary amides is 1. The maximum Gasteiger partial charge on any atom is 0.410 e. The van der Waals surface area contributed by atoms with Crippen LogP contribution in [0.3, 0.4) is 0 Å². The van der Waals surface area contributed by atoms with Crippen LogP contribution in [-0.4, -0.2) is 258 Å². The fraction of sp³-hybridized carbons (Fsp3) is 0.489. The number of hydrogen-bond donors (Lipinski definition) is 21. The van der Waals surface area contributed by atoms with Crippen LogP contribution in [0.4, 0.5) is 4.79 Å². The number of aliphatic hydroxyl groups is 7. The van der Waals surface area contributed by atoms with E-state index in [0.717, 1.165) is 118 Å². The molecule has 748 valence electrons. The first kappa shape index (κ1) is 106. The Balaban J connectivity index is 1.09. The second-order valence-electron chi connectivity index (χ2n) is 34.9. The molecule has 7 aliphatic heterocycles. The van der Waals surface area contributed by atoms with E-state index < -0.39 is 297 Å². The number of carboxylic acids is 1. The lowest BCUT2D eigenvalue weighted by molar-refractivity contribution is -0.337. The van der Waals surface area contributed by atoms with Gasteiger partial charge < -0.3 is 157 Å². The standard InChI is InChI=1S/C94H117Cl2N11O31/c1-7-8-9-10-11-12-13-16-27-99-28-30-107(93(130)131-44-50-17-14-15-18-62(50)135-69(115)26-22-52(111)42-109)94(5)40-70(132-46(4)84(94)121)137-83-81(120)80(119)67(43-110)136-92(83)138-82-65-36-51-37-66(82)134-64-25-21-49(35-57(64)96)78(117)76-90(127)104-74(91(128)129)54-38-61(113)55(41-100-29-31-108)79(118)71(54)53-33-47(19-23-60(53)112)72(87(124)106-76)103-88(125)73(51)102-86(123)59(39-68(97)114)101-89(126)75(105-85(122)58(98-6)32-45(2)3)77(116)48-20-24-63(133-65)56(95)34-48/h14-15,17-21,23-25,31,33-38,42,45-46,52,58-59,67,70,72-78,80-81,83-84,92,98-100,110-113,116-121H,7-13,16,22,26-30,32,39-41,43-44H2,1-6H3,(H2,97,114)(H,101,126)(H,102,123)(H,103,125)(H,104,127)(H,105,122)(H,106,124)(H,128,129)/t46?,52?,58?,59?,67?,70?,72?,73?,74-,75?,76?,77+,78-,80?,81?,83?,84?,92?,94?/m1/s1. The zero-order valence-corrected chi connectivity index (χ0v) is 77.9. The van der Waals surface area contributed by atoms with Crippen LogP contribution in [0.25, 0.3) is 11.1 Å². The lowest BCUT2D eigenvalue weighted by atomic mass is 9.83. The molecule has 138 heavy (non-hydrogen) atoms. The van der Waals surface area contributed by atoms with Crippen LogP contribution in [0.1, 0.15) is 187 Å². The van der Waals surface area contributed by atoms with Crippen molar-refractivity contribution in [3.05, 3.63) is 146 Å². The number of carbonyl (C=O) groups excluding carboxylic acids is 11. The number of hydrogen-bond acceptors (Lipinski definition) is 33. The van der Waals surface area contributed by atoms with Crippen molar-refractivity contribution in [1.82, 2.24) is 52.8 Å². The van der Waals surface area contributed by atoms with E-state index in [1.54, 1.807) is 26.0 Å². The molecular weight excluding hydrogens is 1850 g/mol. The van der Waals surface area contributed by atoms with Gasteiger partial charge in [0, 0.05) is 54.7 Å². The first-order valence-corrected chi connectivity index (χ1v) is 46.0. The molecule has 42 nitrogen and oxygen atoms in total. The minimum absolute atomic E-state index is 0.0293. The zero-order chi connectivity index (χ0) is 100. The second kappa shape index (κ2) is 48.5. The molecule has 7 aliphatic rings. The number of carboxylic acid groups (broad SMARTS) is 1. The molecule has 0 radical (unpaired) electrons. The Bertz CT molecular complexity index is 5410. The van der Waals surface area contributed by atoms with Crippen molar-refractivity contribution in [2.75, 3.05) is 39.8 Å². The Morgan fingerprint density at radius 3 is 1.98 bits per heavy atom. The molecule has 44 heteroatoms. The molecule has 8 amide bonds. The summed E-state index contributed by atoms with van der Waals surface area (Å²) in [7, 11) is 1.45. The number of phenolic OH excluding ortho intramolecular Hbond substituents is 3. The SMILES string of the molecule is CCCCCCCCCCNCCN(C(=O)OCc1ccccc1OC(=O)CCC(O)C=O)C1(C)CC(OC2C(Oc3c4cc5cc3Oc3ccc(cc3Cl)[C@H](O)C(NC(=O)C(CC(C)C)NC)C(=O)NC(CC(N)=O)C(=O)NC5C(=O)NC3C(=O)NC(C(=O)N[C@@H](C(=O)O)c5cc(O)c(CNCC=O)c(O)c5-c5cc3ccc5O)[C@H](O)c3ccc(c(Cl)c3)O4)OC(CO)C(O)C2O)OC(C)C1O. The number of fused-ring (bicyclic) bond motifs is 15. The fourth-order valence-corrected chi connectivity index (χ4v) is 17.4. The predicted molar refractivity (Wildman–Crippen MR) is 489 cm³/mol. The molecular formula is C94H117Cl2N11O31. The van der Waals surface area contributed by atoms with Crippen LogP contribution in [0.5, 0.6) is 51.7 Å². The van der Waals surface area contributed by atoms with Gasteiger partial charge >= 0.3 is 18.0 Å². The molecule has 16 unspecified atom stereocenters. The molecule has 2 saturated heterocycles. The number of nitrogens with one attached hydrogen (secondary N) is 9. The van der Waals surface area contributed by atoms with Crippen LogP contribution in [-0.2, 0) is 84.8 Å². The van der Waals surface area contributed by atoms with E-state index in [1.807, 2.05) is 0 Å². The van der Waals surface area contributed by atoms with Crippen molar-refractivity contribution in [3.8, 4) is 62.9 Å². The van der Waals surface area contributed by atoms with Crippen LogP contribution in [0.15, 0.2) is 97.1 Å². The molecule has 0 saturated carbocycles. The van der Waals surface area contributed by atoms with Crippen LogP contribution in [0, 0.1) is 5.92 Å². The van der Waals surface area contributed by atoms with Crippen molar-refractivity contribution in [2.24, 2.45) is 11.7 Å². The fourth-order valence-electron chi connectivity index (χ4n) is 16.9. The Morgan fingerprint density at radius 1 is 0.710 bits per heavy atom. The maximum absolute atomic E-state index is 16.5. The Morgan fingerprint density at radius 2 is 1.35 bits per heavy atom. The van der Waals surface area contributed by atoms with Crippen LogP contribution < -0.4 is 72.5 Å². The number of unbranched alkanes of at least 4 members (excludes halogenated alkanes) is 7. The summed E-state index contributed by atoms with van der Waals surface area (Å²) >= 11 is 14.5. The number of rotatable bonds is 37. The first-order chi connectivity index (χ1) is 65.8. The summed E-state index contributed by atoms with van der Waals surface area (Å²) in [6.45, 7) is 6.63. The highest BCUT2D eigenvalue weighted by molar-refractivity contribution is 6.32. The molecule has 0 spiro atoms. The molecule has 2 fully saturated rings. The van der Waals surface area contributed by atoms with E-state index in [1.165, 1.54) is 44.0 Å². The highest BCUT2D eigenvalue weighted by Gasteiger charge is 2.55. The number of carbonyl (C=O) groups is 12. The lowest BCUT2D eigenvalue weighted by Crippen LogP contribution is -2.67.